The smallest absolute Gasteiger partial charge is 0.256 e. The number of nitrogens with zero attached hydrogens (tertiary/aromatic N) is 2. The van der Waals surface area contributed by atoms with Gasteiger partial charge in [0.25, 0.3) is 5.91 Å². The van der Waals surface area contributed by atoms with E-state index < -0.39 is 0 Å². The van der Waals surface area contributed by atoms with Crippen molar-refractivity contribution in [3.05, 3.63) is 102 Å². The Labute approximate surface area is 163 Å². The van der Waals surface area contributed by atoms with Crippen LogP contribution < -0.4 is 4.74 Å². The summed E-state index contributed by atoms with van der Waals surface area (Å²) in [7, 11) is 0. The molecule has 0 bridgehead atoms. The molecule has 4 heteroatoms. The number of aryl methyl sites for hydroxylation is 1. The second kappa shape index (κ2) is 7.92. The fraction of sp³-hybridized carbons (Fsp3) is 0.0833. The van der Waals surface area contributed by atoms with E-state index >= 15 is 0 Å². The number of aromatic nitrogens is 2. The standard InChI is InChI=1S/C24H20N2O2/c1-18-25-22-9-5-6-10-23(22)26(18)24(27)16-13-19-11-14-21(15-12-19)28-17-20-7-3-2-4-8-20/h2-16H,17H2,1H3/b16-13+. The second-order valence-corrected chi connectivity index (χ2v) is 6.50. The average Bonchev–Trinajstić information content (AvgIpc) is 3.08. The minimum absolute atomic E-state index is 0.115. The summed E-state index contributed by atoms with van der Waals surface area (Å²) in [5.74, 6) is 1.36. The third kappa shape index (κ3) is 3.86. The maximum Gasteiger partial charge on any atom is 0.256 e. The normalized spacial score (nSPS) is 11.2. The molecule has 0 aliphatic rings. The van der Waals surface area contributed by atoms with Crippen molar-refractivity contribution in [3.63, 3.8) is 0 Å². The minimum atomic E-state index is -0.115. The van der Waals surface area contributed by atoms with Gasteiger partial charge in [0.1, 0.15) is 18.2 Å². The largest absolute Gasteiger partial charge is 0.489 e. The van der Waals surface area contributed by atoms with Crippen LogP contribution in [0.1, 0.15) is 21.7 Å². The highest BCUT2D eigenvalue weighted by molar-refractivity contribution is 5.99. The number of benzene rings is 3. The van der Waals surface area contributed by atoms with E-state index in [0.717, 1.165) is 27.9 Å². The fourth-order valence-corrected chi connectivity index (χ4v) is 3.08. The Balaban J connectivity index is 1.44. The van der Waals surface area contributed by atoms with Crippen LogP contribution in [0.25, 0.3) is 17.1 Å². The number of hydrogen-bond acceptors (Lipinski definition) is 3. The summed E-state index contributed by atoms with van der Waals surface area (Å²) in [4.78, 5) is 17.1. The molecule has 4 aromatic rings. The molecule has 0 spiro atoms. The molecular formula is C24H20N2O2. The van der Waals surface area contributed by atoms with Crippen molar-refractivity contribution in [2.24, 2.45) is 0 Å². The zero-order chi connectivity index (χ0) is 19.3. The van der Waals surface area contributed by atoms with Crippen LogP contribution in [0.2, 0.25) is 0 Å². The van der Waals surface area contributed by atoms with E-state index in [0.29, 0.717) is 12.4 Å². The Morgan fingerprint density at radius 1 is 0.964 bits per heavy atom. The van der Waals surface area contributed by atoms with E-state index in [1.807, 2.05) is 85.8 Å². The fourth-order valence-electron chi connectivity index (χ4n) is 3.08. The molecule has 0 saturated carbocycles. The van der Waals surface area contributed by atoms with Gasteiger partial charge in [-0.1, -0.05) is 54.6 Å². The van der Waals surface area contributed by atoms with Gasteiger partial charge in [0.2, 0.25) is 0 Å². The lowest BCUT2D eigenvalue weighted by atomic mass is 10.2. The summed E-state index contributed by atoms with van der Waals surface area (Å²) in [5, 5.41) is 0. The van der Waals surface area contributed by atoms with Crippen LogP contribution in [0.3, 0.4) is 0 Å². The zero-order valence-electron chi connectivity index (χ0n) is 15.6. The maximum atomic E-state index is 12.7. The predicted molar refractivity (Wildman–Crippen MR) is 111 cm³/mol. The lowest BCUT2D eigenvalue weighted by molar-refractivity contribution is 0.0972. The van der Waals surface area contributed by atoms with Gasteiger partial charge < -0.3 is 4.74 Å². The van der Waals surface area contributed by atoms with Gasteiger partial charge in [0, 0.05) is 6.08 Å². The number of hydrogen-bond donors (Lipinski definition) is 0. The van der Waals surface area contributed by atoms with Crippen LogP contribution in [0, 0.1) is 6.92 Å². The van der Waals surface area contributed by atoms with Crippen molar-refractivity contribution in [1.29, 1.82) is 0 Å². The number of para-hydroxylation sites is 2. The van der Waals surface area contributed by atoms with Gasteiger partial charge in [0.05, 0.1) is 11.0 Å². The van der Waals surface area contributed by atoms with E-state index in [4.69, 9.17) is 4.74 Å². The molecule has 0 amide bonds. The van der Waals surface area contributed by atoms with Crippen molar-refractivity contribution in [2.75, 3.05) is 0 Å². The third-order valence-corrected chi connectivity index (χ3v) is 4.50. The van der Waals surface area contributed by atoms with Gasteiger partial charge in [-0.3, -0.25) is 9.36 Å². The summed E-state index contributed by atoms with van der Waals surface area (Å²) >= 11 is 0. The average molecular weight is 368 g/mol. The molecule has 0 unspecified atom stereocenters. The van der Waals surface area contributed by atoms with Crippen molar-refractivity contribution in [1.82, 2.24) is 9.55 Å². The van der Waals surface area contributed by atoms with Crippen molar-refractivity contribution < 1.29 is 9.53 Å². The molecule has 0 fully saturated rings. The summed E-state index contributed by atoms with van der Waals surface area (Å²) < 4.78 is 7.42. The predicted octanol–water partition coefficient (Wildman–Crippen LogP) is 5.28. The summed E-state index contributed by atoms with van der Waals surface area (Å²) in [6, 6.07) is 25.4. The lowest BCUT2D eigenvalue weighted by Gasteiger charge is -2.06. The monoisotopic (exact) mass is 368 g/mol. The van der Waals surface area contributed by atoms with Crippen molar-refractivity contribution in [2.45, 2.75) is 13.5 Å². The van der Waals surface area contributed by atoms with E-state index in [-0.39, 0.29) is 5.91 Å². The highest BCUT2D eigenvalue weighted by Gasteiger charge is 2.11. The number of allylic oxidation sites excluding steroid dienone is 1. The van der Waals surface area contributed by atoms with Gasteiger partial charge in [-0.05, 0) is 48.4 Å². The van der Waals surface area contributed by atoms with E-state index in [9.17, 15) is 4.79 Å². The van der Waals surface area contributed by atoms with Crippen LogP contribution in [0.4, 0.5) is 0 Å². The number of rotatable bonds is 5. The highest BCUT2D eigenvalue weighted by atomic mass is 16.5. The van der Waals surface area contributed by atoms with Gasteiger partial charge in [-0.15, -0.1) is 0 Å². The molecule has 1 aromatic heterocycles. The molecule has 0 aliphatic heterocycles. The highest BCUT2D eigenvalue weighted by Crippen LogP contribution is 2.17. The SMILES string of the molecule is Cc1nc2ccccc2n1C(=O)/C=C/c1ccc(OCc2ccccc2)cc1. The molecule has 28 heavy (non-hydrogen) atoms. The van der Waals surface area contributed by atoms with Crippen molar-refractivity contribution in [3.8, 4) is 5.75 Å². The molecule has 1 heterocycles. The summed E-state index contributed by atoms with van der Waals surface area (Å²) in [6.07, 6.45) is 3.37. The molecule has 0 saturated heterocycles. The third-order valence-electron chi connectivity index (χ3n) is 4.50. The molecule has 4 nitrogen and oxygen atoms in total. The quantitative estimate of drug-likeness (QED) is 0.450. The molecule has 0 radical (unpaired) electrons. The van der Waals surface area contributed by atoms with Gasteiger partial charge in [-0.25, -0.2) is 4.98 Å². The second-order valence-electron chi connectivity index (χ2n) is 6.50. The Morgan fingerprint density at radius 3 is 2.46 bits per heavy atom. The van der Waals surface area contributed by atoms with Crippen LogP contribution in [-0.2, 0) is 6.61 Å². The Bertz CT molecular complexity index is 1130. The molecule has 0 atom stereocenters. The Morgan fingerprint density at radius 2 is 1.68 bits per heavy atom. The van der Waals surface area contributed by atoms with Crippen LogP contribution in [0.5, 0.6) is 5.75 Å². The number of carbonyl (C=O) groups is 1. The number of carbonyl (C=O) groups excluding carboxylic acids is 1. The van der Waals surface area contributed by atoms with Gasteiger partial charge in [-0.2, -0.15) is 0 Å². The number of imidazole rings is 1. The number of ether oxygens (including phenoxy) is 1. The first-order chi connectivity index (χ1) is 13.7. The van der Waals surface area contributed by atoms with E-state index in [1.165, 1.54) is 0 Å². The number of fused-ring (bicyclic) bond motifs is 1. The molecule has 0 N–H and O–H groups in total. The van der Waals surface area contributed by atoms with Crippen LogP contribution in [-0.4, -0.2) is 15.5 Å². The van der Waals surface area contributed by atoms with Gasteiger partial charge in [0.15, 0.2) is 0 Å². The summed E-state index contributed by atoms with van der Waals surface area (Å²) in [5.41, 5.74) is 3.70. The maximum absolute atomic E-state index is 12.7. The first-order valence-electron chi connectivity index (χ1n) is 9.14. The van der Waals surface area contributed by atoms with E-state index in [1.54, 1.807) is 16.7 Å². The van der Waals surface area contributed by atoms with Crippen molar-refractivity contribution >= 4 is 23.0 Å². The topological polar surface area (TPSA) is 44.1 Å². The first kappa shape index (κ1) is 17.7. The zero-order valence-corrected chi connectivity index (χ0v) is 15.6. The molecule has 0 aliphatic carbocycles. The van der Waals surface area contributed by atoms with Crippen LogP contribution in [0.15, 0.2) is 84.9 Å². The molecule has 3 aromatic carbocycles. The first-order valence-corrected chi connectivity index (χ1v) is 9.14. The van der Waals surface area contributed by atoms with E-state index in [2.05, 4.69) is 4.98 Å². The molecular weight excluding hydrogens is 348 g/mol. The Hall–Kier alpha value is -3.66. The molecule has 4 rings (SSSR count). The minimum Gasteiger partial charge on any atom is -0.489 e. The summed E-state index contributed by atoms with van der Waals surface area (Å²) in [6.45, 7) is 2.37. The molecule has 138 valence electrons. The van der Waals surface area contributed by atoms with Gasteiger partial charge >= 0.3 is 0 Å². The lowest BCUT2D eigenvalue weighted by Crippen LogP contribution is -2.08. The van der Waals surface area contributed by atoms with Crippen LogP contribution >= 0.6 is 0 Å². The Kier molecular flexibility index (Phi) is 5.02.